The Morgan fingerprint density at radius 1 is 1.40 bits per heavy atom. The number of ether oxygens (including phenoxy) is 1. The minimum atomic E-state index is -0.186. The summed E-state index contributed by atoms with van der Waals surface area (Å²) in [6.07, 6.45) is 6.15. The molecule has 3 nitrogen and oxygen atoms in total. The van der Waals surface area contributed by atoms with Crippen molar-refractivity contribution >= 4 is 0 Å². The summed E-state index contributed by atoms with van der Waals surface area (Å²) >= 11 is 0. The van der Waals surface area contributed by atoms with Gasteiger partial charge >= 0.3 is 0 Å². The van der Waals surface area contributed by atoms with Crippen molar-refractivity contribution in [3.05, 3.63) is 59.5 Å². The average Bonchev–Trinajstić information content (AvgIpc) is 2.24. The molecule has 0 fully saturated rings. The molecule has 0 bridgehead atoms. The molecule has 1 atom stereocenters. The number of hydrogen-bond donors (Lipinski definition) is 2. The van der Waals surface area contributed by atoms with E-state index in [1.807, 2.05) is 6.92 Å². The number of rotatable bonds is 1. The molecule has 0 aromatic carbocycles. The van der Waals surface area contributed by atoms with Crippen molar-refractivity contribution in [2.75, 3.05) is 0 Å². The highest BCUT2D eigenvalue weighted by atomic mass is 16.5. The summed E-state index contributed by atoms with van der Waals surface area (Å²) in [4.78, 5) is 0. The number of aliphatic hydroxyl groups excluding tert-OH is 2. The first-order chi connectivity index (χ1) is 7.13. The van der Waals surface area contributed by atoms with Crippen molar-refractivity contribution in [3.8, 4) is 0 Å². The first-order valence-electron chi connectivity index (χ1n) is 4.68. The molecule has 0 saturated carbocycles. The Morgan fingerprint density at radius 2 is 2.13 bits per heavy atom. The van der Waals surface area contributed by atoms with Gasteiger partial charge in [0.15, 0.2) is 5.76 Å². The van der Waals surface area contributed by atoms with E-state index in [1.54, 1.807) is 18.2 Å². The third kappa shape index (κ3) is 1.46. The van der Waals surface area contributed by atoms with Crippen LogP contribution in [-0.2, 0) is 4.74 Å². The lowest BCUT2D eigenvalue weighted by molar-refractivity contribution is 0.286. The Hall–Kier alpha value is -1.90. The minimum Gasteiger partial charge on any atom is -0.511 e. The van der Waals surface area contributed by atoms with Gasteiger partial charge in [-0.1, -0.05) is 19.6 Å². The van der Waals surface area contributed by atoms with Gasteiger partial charge in [-0.25, -0.2) is 0 Å². The van der Waals surface area contributed by atoms with Crippen LogP contribution in [0.15, 0.2) is 59.5 Å². The summed E-state index contributed by atoms with van der Waals surface area (Å²) < 4.78 is 5.23. The number of fused-ring (bicyclic) bond motifs is 1. The van der Waals surface area contributed by atoms with Crippen LogP contribution in [0.5, 0.6) is 0 Å². The molecule has 0 aromatic heterocycles. The van der Waals surface area contributed by atoms with Gasteiger partial charge in [-0.2, -0.15) is 0 Å². The smallest absolute Gasteiger partial charge is 0.151 e. The molecule has 15 heavy (non-hydrogen) atoms. The Kier molecular flexibility index (Phi) is 2.15. The second-order valence-corrected chi connectivity index (χ2v) is 3.54. The molecule has 1 unspecified atom stereocenters. The predicted octanol–water partition coefficient (Wildman–Crippen LogP) is 2.87. The maximum atomic E-state index is 9.83. The molecule has 3 heteroatoms. The lowest BCUT2D eigenvalue weighted by Gasteiger charge is -2.25. The van der Waals surface area contributed by atoms with Crippen LogP contribution < -0.4 is 0 Å². The Morgan fingerprint density at radius 3 is 2.80 bits per heavy atom. The monoisotopic (exact) mass is 204 g/mol. The largest absolute Gasteiger partial charge is 0.511 e. The lowest BCUT2D eigenvalue weighted by Crippen LogP contribution is -2.15. The van der Waals surface area contributed by atoms with Crippen molar-refractivity contribution in [2.24, 2.45) is 5.92 Å². The molecule has 78 valence electrons. The van der Waals surface area contributed by atoms with Crippen LogP contribution in [0.2, 0.25) is 0 Å². The highest BCUT2D eigenvalue weighted by Gasteiger charge is 2.27. The SMILES string of the molecule is C=CC1=C(O)C(C)C2=CC(O)=COC2=C1. The van der Waals surface area contributed by atoms with E-state index < -0.39 is 0 Å². The van der Waals surface area contributed by atoms with Gasteiger partial charge in [0.2, 0.25) is 0 Å². The zero-order chi connectivity index (χ0) is 11.0. The zero-order valence-electron chi connectivity index (χ0n) is 8.40. The van der Waals surface area contributed by atoms with Crippen LogP contribution in [0.3, 0.4) is 0 Å². The molecule has 0 amide bonds. The van der Waals surface area contributed by atoms with Crippen LogP contribution in [0.25, 0.3) is 0 Å². The summed E-state index contributed by atoms with van der Waals surface area (Å²) in [5.74, 6) is 0.768. The second-order valence-electron chi connectivity index (χ2n) is 3.54. The van der Waals surface area contributed by atoms with E-state index >= 15 is 0 Å². The molecule has 0 spiro atoms. The summed E-state index contributed by atoms with van der Waals surface area (Å²) in [6.45, 7) is 5.47. The molecule has 2 N–H and O–H groups in total. The van der Waals surface area contributed by atoms with Crippen molar-refractivity contribution < 1.29 is 14.9 Å². The van der Waals surface area contributed by atoms with Gasteiger partial charge in [-0.3, -0.25) is 0 Å². The molecule has 1 aliphatic carbocycles. The van der Waals surface area contributed by atoms with E-state index in [-0.39, 0.29) is 17.4 Å². The first kappa shape index (κ1) is 9.65. The van der Waals surface area contributed by atoms with Crippen LogP contribution in [0.4, 0.5) is 0 Å². The van der Waals surface area contributed by atoms with E-state index in [0.717, 1.165) is 5.57 Å². The molecular formula is C12H12O3. The van der Waals surface area contributed by atoms with Gasteiger partial charge in [-0.15, -0.1) is 0 Å². The molecule has 1 aliphatic heterocycles. The third-order valence-electron chi connectivity index (χ3n) is 2.57. The van der Waals surface area contributed by atoms with Crippen LogP contribution in [0, 0.1) is 5.92 Å². The summed E-state index contributed by atoms with van der Waals surface area (Å²) in [5, 5.41) is 19.1. The fraction of sp³-hybridized carbons (Fsp3) is 0.167. The molecule has 0 saturated heterocycles. The van der Waals surface area contributed by atoms with E-state index in [0.29, 0.717) is 11.3 Å². The Balaban J connectivity index is 2.50. The van der Waals surface area contributed by atoms with Gasteiger partial charge in [0, 0.05) is 17.1 Å². The Bertz CT molecular complexity index is 436. The van der Waals surface area contributed by atoms with Gasteiger partial charge in [0.25, 0.3) is 0 Å². The number of allylic oxidation sites excluding steroid dienone is 6. The van der Waals surface area contributed by atoms with Crippen molar-refractivity contribution in [2.45, 2.75) is 6.92 Å². The fourth-order valence-corrected chi connectivity index (χ4v) is 1.69. The second kappa shape index (κ2) is 3.35. The highest BCUT2D eigenvalue weighted by molar-refractivity contribution is 5.50. The maximum Gasteiger partial charge on any atom is 0.151 e. The topological polar surface area (TPSA) is 49.7 Å². The lowest BCUT2D eigenvalue weighted by atomic mass is 9.88. The zero-order valence-corrected chi connectivity index (χ0v) is 8.40. The fourth-order valence-electron chi connectivity index (χ4n) is 1.69. The van der Waals surface area contributed by atoms with Crippen LogP contribution >= 0.6 is 0 Å². The normalized spacial score (nSPS) is 24.6. The molecule has 0 aromatic rings. The van der Waals surface area contributed by atoms with E-state index in [1.165, 1.54) is 6.26 Å². The summed E-state index contributed by atoms with van der Waals surface area (Å²) in [7, 11) is 0. The van der Waals surface area contributed by atoms with Crippen LogP contribution in [-0.4, -0.2) is 10.2 Å². The van der Waals surface area contributed by atoms with Crippen molar-refractivity contribution in [1.29, 1.82) is 0 Å². The Labute approximate surface area is 88.0 Å². The van der Waals surface area contributed by atoms with Gasteiger partial charge < -0.3 is 14.9 Å². The minimum absolute atomic E-state index is 0.0591. The quantitative estimate of drug-likeness (QED) is 0.690. The van der Waals surface area contributed by atoms with Gasteiger partial charge in [0.05, 0.1) is 0 Å². The first-order valence-corrected chi connectivity index (χ1v) is 4.68. The predicted molar refractivity (Wildman–Crippen MR) is 57.0 cm³/mol. The van der Waals surface area contributed by atoms with E-state index in [9.17, 15) is 10.2 Å². The van der Waals surface area contributed by atoms with Crippen molar-refractivity contribution in [3.63, 3.8) is 0 Å². The molecule has 1 heterocycles. The van der Waals surface area contributed by atoms with E-state index in [4.69, 9.17) is 4.74 Å². The van der Waals surface area contributed by atoms with Gasteiger partial charge in [-0.05, 0) is 12.2 Å². The summed E-state index contributed by atoms with van der Waals surface area (Å²) in [6, 6.07) is 0. The highest BCUT2D eigenvalue weighted by Crippen LogP contribution is 2.36. The maximum absolute atomic E-state index is 9.83. The van der Waals surface area contributed by atoms with Crippen molar-refractivity contribution in [1.82, 2.24) is 0 Å². The average molecular weight is 204 g/mol. The molecular weight excluding hydrogens is 192 g/mol. The third-order valence-corrected chi connectivity index (χ3v) is 2.57. The van der Waals surface area contributed by atoms with Crippen LogP contribution in [0.1, 0.15) is 6.92 Å². The summed E-state index contributed by atoms with van der Waals surface area (Å²) in [5.41, 5.74) is 1.43. The number of aliphatic hydroxyl groups is 2. The van der Waals surface area contributed by atoms with E-state index in [2.05, 4.69) is 6.58 Å². The molecule has 2 aliphatic rings. The van der Waals surface area contributed by atoms with Gasteiger partial charge in [0.1, 0.15) is 17.8 Å². The molecule has 0 radical (unpaired) electrons. The number of hydrogen-bond acceptors (Lipinski definition) is 3. The standard InChI is InChI=1S/C12H12O3/c1-3-8-4-11-10(7(2)12(8)14)5-9(13)6-15-11/h3-7,13-14H,1H2,2H3. The molecule has 2 rings (SSSR count).